The maximum absolute atomic E-state index is 11.9. The van der Waals surface area contributed by atoms with Gasteiger partial charge in [0.1, 0.15) is 4.88 Å². The number of hydrogen-bond donors (Lipinski definition) is 1. The summed E-state index contributed by atoms with van der Waals surface area (Å²) in [6.45, 7) is 2.21. The summed E-state index contributed by atoms with van der Waals surface area (Å²) in [4.78, 5) is 16.1. The van der Waals surface area contributed by atoms with Gasteiger partial charge in [0.15, 0.2) is 0 Å². The number of sulfone groups is 1. The van der Waals surface area contributed by atoms with E-state index in [9.17, 15) is 13.2 Å². The van der Waals surface area contributed by atoms with Crippen LogP contribution in [0.2, 0.25) is 0 Å². The standard InChI is InChI=1S/C14H22N2O3S2/c1-2-21(18,19)14-16-10-12(20-14)13(17)15-9-5-8-11-6-3-4-7-11/h10-11H,2-9H2,1H3,(H,15,17). The molecule has 1 aromatic rings. The summed E-state index contributed by atoms with van der Waals surface area (Å²) in [6, 6.07) is 0. The molecule has 7 heteroatoms. The van der Waals surface area contributed by atoms with Crippen LogP contribution >= 0.6 is 11.3 Å². The van der Waals surface area contributed by atoms with Gasteiger partial charge in [-0.3, -0.25) is 4.79 Å². The Balaban J connectivity index is 1.78. The molecule has 0 saturated heterocycles. The van der Waals surface area contributed by atoms with E-state index in [1.807, 2.05) is 0 Å². The van der Waals surface area contributed by atoms with Gasteiger partial charge in [-0.25, -0.2) is 13.4 Å². The fraction of sp³-hybridized carbons (Fsp3) is 0.714. The van der Waals surface area contributed by atoms with Crippen molar-refractivity contribution >= 4 is 27.1 Å². The van der Waals surface area contributed by atoms with E-state index in [0.717, 1.165) is 23.7 Å². The van der Waals surface area contributed by atoms with Crippen molar-refractivity contribution in [1.82, 2.24) is 10.3 Å². The minimum absolute atomic E-state index is 0.00294. The van der Waals surface area contributed by atoms with E-state index in [2.05, 4.69) is 10.3 Å². The SMILES string of the molecule is CCS(=O)(=O)c1ncc(C(=O)NCCCC2CCCC2)s1. The zero-order chi connectivity index (χ0) is 15.3. The minimum Gasteiger partial charge on any atom is -0.351 e. The first kappa shape index (κ1) is 16.4. The van der Waals surface area contributed by atoms with Gasteiger partial charge in [-0.1, -0.05) is 43.9 Å². The van der Waals surface area contributed by atoms with Gasteiger partial charge in [-0.05, 0) is 18.8 Å². The normalized spacial score (nSPS) is 16.2. The lowest BCUT2D eigenvalue weighted by Gasteiger charge is -2.08. The Hall–Kier alpha value is -0.950. The fourth-order valence-electron chi connectivity index (χ4n) is 2.61. The summed E-state index contributed by atoms with van der Waals surface area (Å²) < 4.78 is 23.3. The molecule has 1 N–H and O–H groups in total. The second-order valence-electron chi connectivity index (χ2n) is 5.44. The topological polar surface area (TPSA) is 76.1 Å². The van der Waals surface area contributed by atoms with Gasteiger partial charge in [-0.2, -0.15) is 0 Å². The Kier molecular flexibility index (Phi) is 5.75. The summed E-state index contributed by atoms with van der Waals surface area (Å²) >= 11 is 0.945. The minimum atomic E-state index is -3.32. The molecule has 1 aliphatic carbocycles. The van der Waals surface area contributed by atoms with E-state index >= 15 is 0 Å². The largest absolute Gasteiger partial charge is 0.351 e. The van der Waals surface area contributed by atoms with Crippen LogP contribution in [0.15, 0.2) is 10.5 Å². The van der Waals surface area contributed by atoms with E-state index in [0.29, 0.717) is 11.4 Å². The monoisotopic (exact) mass is 330 g/mol. The van der Waals surface area contributed by atoms with Crippen LogP contribution in [0.5, 0.6) is 0 Å². The molecule has 2 rings (SSSR count). The van der Waals surface area contributed by atoms with Crippen LogP contribution in [0.3, 0.4) is 0 Å². The zero-order valence-corrected chi connectivity index (χ0v) is 13.9. The molecule has 1 amide bonds. The Labute approximate surface area is 130 Å². The van der Waals surface area contributed by atoms with Crippen molar-refractivity contribution in [2.45, 2.75) is 49.8 Å². The first-order valence-electron chi connectivity index (χ1n) is 7.49. The smallest absolute Gasteiger partial charge is 0.263 e. The highest BCUT2D eigenvalue weighted by molar-refractivity contribution is 7.93. The highest BCUT2D eigenvalue weighted by Gasteiger charge is 2.19. The molecule has 0 atom stereocenters. The summed E-state index contributed by atoms with van der Waals surface area (Å²) in [5.41, 5.74) is 0. The molecule has 5 nitrogen and oxygen atoms in total. The second-order valence-corrected chi connectivity index (χ2v) is 8.93. The number of carbonyl (C=O) groups is 1. The Bertz CT molecular complexity index is 575. The maximum atomic E-state index is 11.9. The molecular weight excluding hydrogens is 308 g/mol. The molecule has 0 bridgehead atoms. The third kappa shape index (κ3) is 4.51. The van der Waals surface area contributed by atoms with Crippen LogP contribution in [0.1, 0.15) is 55.1 Å². The van der Waals surface area contributed by atoms with Gasteiger partial charge < -0.3 is 5.32 Å². The van der Waals surface area contributed by atoms with E-state index < -0.39 is 9.84 Å². The Morgan fingerprint density at radius 3 is 2.81 bits per heavy atom. The molecule has 0 aromatic carbocycles. The molecule has 0 aliphatic heterocycles. The molecular formula is C14H22N2O3S2. The highest BCUT2D eigenvalue weighted by Crippen LogP contribution is 2.28. The molecule has 0 unspecified atom stereocenters. The van der Waals surface area contributed by atoms with Gasteiger partial charge in [-0.15, -0.1) is 0 Å². The molecule has 118 valence electrons. The van der Waals surface area contributed by atoms with Crippen LogP contribution in [0.4, 0.5) is 0 Å². The molecule has 1 heterocycles. The number of carbonyl (C=O) groups excluding carboxylic acids is 1. The molecule has 1 saturated carbocycles. The van der Waals surface area contributed by atoms with Crippen LogP contribution in [0.25, 0.3) is 0 Å². The number of nitrogens with zero attached hydrogens (tertiary/aromatic N) is 1. The van der Waals surface area contributed by atoms with Gasteiger partial charge in [0, 0.05) is 6.54 Å². The van der Waals surface area contributed by atoms with Gasteiger partial charge in [0.2, 0.25) is 14.2 Å². The number of amides is 1. The lowest BCUT2D eigenvalue weighted by atomic mass is 10.0. The second kappa shape index (κ2) is 7.35. The van der Waals surface area contributed by atoms with Crippen molar-refractivity contribution in [2.24, 2.45) is 5.92 Å². The van der Waals surface area contributed by atoms with Crippen LogP contribution in [-0.2, 0) is 9.84 Å². The number of rotatable bonds is 7. The van der Waals surface area contributed by atoms with E-state index in [1.54, 1.807) is 6.92 Å². The van der Waals surface area contributed by atoms with Gasteiger partial charge >= 0.3 is 0 Å². The van der Waals surface area contributed by atoms with Crippen molar-refractivity contribution in [1.29, 1.82) is 0 Å². The van der Waals surface area contributed by atoms with Crippen molar-refractivity contribution < 1.29 is 13.2 Å². The first-order chi connectivity index (χ1) is 10.0. The highest BCUT2D eigenvalue weighted by atomic mass is 32.2. The van der Waals surface area contributed by atoms with E-state index in [4.69, 9.17) is 0 Å². The Morgan fingerprint density at radius 1 is 1.43 bits per heavy atom. The molecule has 1 aliphatic rings. The van der Waals surface area contributed by atoms with E-state index in [-0.39, 0.29) is 16.0 Å². The van der Waals surface area contributed by atoms with Crippen molar-refractivity contribution in [3.63, 3.8) is 0 Å². The summed E-state index contributed by atoms with van der Waals surface area (Å²) in [5, 5.41) is 2.84. The average Bonchev–Trinajstić information content (AvgIpc) is 3.14. The third-order valence-corrected chi connectivity index (χ3v) is 7.10. The molecule has 1 fully saturated rings. The van der Waals surface area contributed by atoms with Crippen LogP contribution in [-0.4, -0.2) is 31.6 Å². The summed E-state index contributed by atoms with van der Waals surface area (Å²) in [6.07, 6.45) is 8.81. The van der Waals surface area contributed by atoms with Crippen LogP contribution < -0.4 is 5.32 Å². The average molecular weight is 330 g/mol. The Morgan fingerprint density at radius 2 is 2.14 bits per heavy atom. The van der Waals surface area contributed by atoms with E-state index in [1.165, 1.54) is 38.3 Å². The number of nitrogens with one attached hydrogen (secondary N) is 1. The van der Waals surface area contributed by atoms with Crippen molar-refractivity contribution in [2.75, 3.05) is 12.3 Å². The molecule has 0 radical (unpaired) electrons. The molecule has 1 aromatic heterocycles. The van der Waals surface area contributed by atoms with Gasteiger partial charge in [0.05, 0.1) is 11.9 Å². The predicted molar refractivity (Wildman–Crippen MR) is 83.4 cm³/mol. The third-order valence-electron chi connectivity index (χ3n) is 3.90. The molecule has 0 spiro atoms. The lowest BCUT2D eigenvalue weighted by molar-refractivity contribution is 0.0956. The lowest BCUT2D eigenvalue weighted by Crippen LogP contribution is -2.23. The fourth-order valence-corrected chi connectivity index (χ4v) is 4.76. The zero-order valence-electron chi connectivity index (χ0n) is 12.3. The number of thiazole rings is 1. The van der Waals surface area contributed by atoms with Crippen molar-refractivity contribution in [3.8, 4) is 0 Å². The summed E-state index contributed by atoms with van der Waals surface area (Å²) in [7, 11) is -3.32. The van der Waals surface area contributed by atoms with Crippen LogP contribution in [0, 0.1) is 5.92 Å². The quantitative estimate of drug-likeness (QED) is 0.780. The van der Waals surface area contributed by atoms with Crippen molar-refractivity contribution in [3.05, 3.63) is 11.1 Å². The molecule has 21 heavy (non-hydrogen) atoms. The first-order valence-corrected chi connectivity index (χ1v) is 9.96. The van der Waals surface area contributed by atoms with Gasteiger partial charge in [0.25, 0.3) is 5.91 Å². The number of aromatic nitrogens is 1. The maximum Gasteiger partial charge on any atom is 0.263 e. The predicted octanol–water partition coefficient (Wildman–Crippen LogP) is 2.64. The summed E-state index contributed by atoms with van der Waals surface area (Å²) in [5.74, 6) is 0.603. The number of hydrogen-bond acceptors (Lipinski definition) is 5.